The Labute approximate surface area is 149 Å². The van der Waals surface area contributed by atoms with Crippen molar-refractivity contribution in [2.24, 2.45) is 0 Å². The van der Waals surface area contributed by atoms with Crippen molar-refractivity contribution < 1.29 is 29.6 Å². The number of carbonyl (C=O) groups excluding carboxylic acids is 1. The summed E-state index contributed by atoms with van der Waals surface area (Å²) in [4.78, 5) is 26.3. The quantitative estimate of drug-likeness (QED) is 0.254. The minimum Gasteiger partial charge on any atom is -0.506 e. The van der Waals surface area contributed by atoms with E-state index >= 15 is 0 Å². The molecule has 0 fully saturated rings. The van der Waals surface area contributed by atoms with Gasteiger partial charge in [-0.1, -0.05) is 5.16 Å². The van der Waals surface area contributed by atoms with E-state index in [4.69, 9.17) is 4.52 Å². The van der Waals surface area contributed by atoms with E-state index in [2.05, 4.69) is 10.1 Å². The van der Waals surface area contributed by atoms with E-state index in [1.54, 1.807) is 5.38 Å². The van der Waals surface area contributed by atoms with Gasteiger partial charge in [-0.05, 0) is 17.5 Å². The number of aromatic hydroxyl groups is 3. The molecule has 0 amide bonds. The summed E-state index contributed by atoms with van der Waals surface area (Å²) >= 11 is 1.12. The summed E-state index contributed by atoms with van der Waals surface area (Å²) in [6, 6.07) is 3.46. The summed E-state index contributed by atoms with van der Waals surface area (Å²) in [5.74, 6) is -1.84. The van der Waals surface area contributed by atoms with E-state index < -0.39 is 22.1 Å². The summed E-state index contributed by atoms with van der Waals surface area (Å²) < 4.78 is 4.99. The van der Waals surface area contributed by atoms with Crippen molar-refractivity contribution >= 4 is 22.8 Å². The Bertz CT molecular complexity index is 995. The highest BCUT2D eigenvalue weighted by Crippen LogP contribution is 2.39. The van der Waals surface area contributed by atoms with Gasteiger partial charge in [0.1, 0.15) is 10.6 Å². The van der Waals surface area contributed by atoms with Crippen LogP contribution >= 0.6 is 11.3 Å². The average molecular weight is 377 g/mol. The van der Waals surface area contributed by atoms with Crippen LogP contribution in [-0.4, -0.2) is 36.2 Å². The summed E-state index contributed by atoms with van der Waals surface area (Å²) in [5, 5.41) is 44.8. The van der Waals surface area contributed by atoms with Gasteiger partial charge < -0.3 is 19.8 Å². The number of nitro groups is 1. The zero-order chi connectivity index (χ0) is 18.8. The fourth-order valence-electron chi connectivity index (χ4n) is 2.19. The van der Waals surface area contributed by atoms with Crippen LogP contribution < -0.4 is 0 Å². The predicted molar refractivity (Wildman–Crippen MR) is 88.4 cm³/mol. The second-order valence-electron chi connectivity index (χ2n) is 5.19. The second kappa shape index (κ2) is 6.80. The number of aromatic nitrogens is 2. The number of aryl methyl sites for hydroxylation is 1. The highest BCUT2D eigenvalue weighted by atomic mass is 32.1. The Morgan fingerprint density at radius 1 is 1.27 bits per heavy atom. The first kappa shape index (κ1) is 17.4. The molecule has 26 heavy (non-hydrogen) atoms. The minimum atomic E-state index is -0.861. The number of Topliss-reactive ketones (excluding diaryl/α,β-unsaturated/α-hetero) is 1. The highest BCUT2D eigenvalue weighted by molar-refractivity contribution is 7.12. The number of ketones is 1. The maximum Gasteiger partial charge on any atom is 0.315 e. The third-order valence-corrected chi connectivity index (χ3v) is 4.40. The molecule has 11 heteroatoms. The molecule has 0 spiro atoms. The SMILES string of the molecule is O=C(CCc1noc(-c2cc(O)c(O)c([N+](=O)[O-])c2)n1)c1sccc1O. The molecule has 0 unspecified atom stereocenters. The van der Waals surface area contributed by atoms with Gasteiger partial charge in [0.2, 0.25) is 5.75 Å². The van der Waals surface area contributed by atoms with Crippen molar-refractivity contribution in [3.05, 3.63) is 44.4 Å². The van der Waals surface area contributed by atoms with E-state index in [-0.39, 0.29) is 46.5 Å². The molecule has 0 saturated carbocycles. The van der Waals surface area contributed by atoms with Crippen LogP contribution in [-0.2, 0) is 6.42 Å². The first-order chi connectivity index (χ1) is 12.4. The molecule has 0 aliphatic carbocycles. The lowest BCUT2D eigenvalue weighted by Gasteiger charge is -2.01. The van der Waals surface area contributed by atoms with Gasteiger partial charge in [0.05, 0.1) is 10.5 Å². The molecule has 1 aromatic carbocycles. The molecule has 3 aromatic rings. The highest BCUT2D eigenvalue weighted by Gasteiger charge is 2.22. The fourth-order valence-corrected chi connectivity index (χ4v) is 2.94. The van der Waals surface area contributed by atoms with Gasteiger partial charge in [-0.15, -0.1) is 11.3 Å². The second-order valence-corrected chi connectivity index (χ2v) is 6.11. The van der Waals surface area contributed by atoms with E-state index in [9.17, 15) is 30.2 Å². The molecule has 2 aromatic heterocycles. The van der Waals surface area contributed by atoms with Gasteiger partial charge >= 0.3 is 5.69 Å². The summed E-state index contributed by atoms with van der Waals surface area (Å²) in [7, 11) is 0. The first-order valence-corrected chi connectivity index (χ1v) is 8.07. The molecule has 10 nitrogen and oxygen atoms in total. The monoisotopic (exact) mass is 377 g/mol. The average Bonchev–Trinajstić information content (AvgIpc) is 3.23. The third kappa shape index (κ3) is 3.32. The van der Waals surface area contributed by atoms with Crippen LogP contribution in [0.3, 0.4) is 0 Å². The van der Waals surface area contributed by atoms with Gasteiger partial charge in [-0.2, -0.15) is 4.98 Å². The number of phenols is 2. The van der Waals surface area contributed by atoms with Crippen molar-refractivity contribution in [2.45, 2.75) is 12.8 Å². The van der Waals surface area contributed by atoms with Gasteiger partial charge in [-0.25, -0.2) is 0 Å². The maximum absolute atomic E-state index is 12.0. The Kier molecular flexibility index (Phi) is 4.54. The Balaban J connectivity index is 1.77. The number of thiophene rings is 1. The number of nitrogens with zero attached hydrogens (tertiary/aromatic N) is 3. The number of hydrogen-bond acceptors (Lipinski definition) is 10. The minimum absolute atomic E-state index is 0.0357. The molecule has 134 valence electrons. The van der Waals surface area contributed by atoms with E-state index in [0.717, 1.165) is 23.5 Å². The van der Waals surface area contributed by atoms with Crippen molar-refractivity contribution in [2.75, 3.05) is 0 Å². The molecule has 2 heterocycles. The number of rotatable bonds is 6. The lowest BCUT2D eigenvalue weighted by molar-refractivity contribution is -0.385. The lowest BCUT2D eigenvalue weighted by Crippen LogP contribution is -2.00. The molecule has 3 N–H and O–H groups in total. The molecular weight excluding hydrogens is 366 g/mol. The zero-order valence-corrected chi connectivity index (χ0v) is 13.8. The Hall–Kier alpha value is -3.47. The molecule has 0 atom stereocenters. The third-order valence-electron chi connectivity index (χ3n) is 3.45. The van der Waals surface area contributed by atoms with E-state index in [1.807, 2.05) is 0 Å². The topological polar surface area (TPSA) is 160 Å². The summed E-state index contributed by atoms with van der Waals surface area (Å²) in [5.41, 5.74) is -0.656. The molecular formula is C15H11N3O7S. The smallest absolute Gasteiger partial charge is 0.315 e. The van der Waals surface area contributed by atoms with E-state index in [1.165, 1.54) is 6.07 Å². The number of phenolic OH excluding ortho intramolecular Hbond substituents is 2. The maximum atomic E-state index is 12.0. The van der Waals surface area contributed by atoms with Crippen LogP contribution in [0.4, 0.5) is 5.69 Å². The van der Waals surface area contributed by atoms with Crippen LogP contribution in [0.2, 0.25) is 0 Å². The number of carbonyl (C=O) groups is 1. The van der Waals surface area contributed by atoms with Gasteiger partial charge in [0.15, 0.2) is 17.4 Å². The summed E-state index contributed by atoms with van der Waals surface area (Å²) in [6.07, 6.45) is 0.167. The van der Waals surface area contributed by atoms with Crippen LogP contribution in [0.5, 0.6) is 17.2 Å². The van der Waals surface area contributed by atoms with Crippen molar-refractivity contribution in [3.8, 4) is 28.7 Å². The number of hydrogen-bond donors (Lipinski definition) is 3. The first-order valence-electron chi connectivity index (χ1n) is 7.19. The van der Waals surface area contributed by atoms with Gasteiger partial charge in [-0.3, -0.25) is 14.9 Å². The zero-order valence-electron chi connectivity index (χ0n) is 12.9. The van der Waals surface area contributed by atoms with E-state index in [0.29, 0.717) is 0 Å². The van der Waals surface area contributed by atoms with Gasteiger partial charge in [0.25, 0.3) is 5.89 Å². The normalized spacial score (nSPS) is 10.8. The molecule has 0 bridgehead atoms. The van der Waals surface area contributed by atoms with Crippen LogP contribution in [0.1, 0.15) is 21.9 Å². The van der Waals surface area contributed by atoms with Crippen molar-refractivity contribution in [1.29, 1.82) is 0 Å². The molecule has 0 aliphatic heterocycles. The fraction of sp³-hybridized carbons (Fsp3) is 0.133. The van der Waals surface area contributed by atoms with Crippen LogP contribution in [0, 0.1) is 10.1 Å². The Morgan fingerprint density at radius 3 is 2.69 bits per heavy atom. The molecule has 0 aliphatic rings. The van der Waals surface area contributed by atoms with Crippen LogP contribution in [0.25, 0.3) is 11.5 Å². The summed E-state index contributed by atoms with van der Waals surface area (Å²) in [6.45, 7) is 0. The van der Waals surface area contributed by atoms with Gasteiger partial charge in [0, 0.05) is 18.9 Å². The predicted octanol–water partition coefficient (Wildman–Crippen LogP) is 2.64. The number of benzene rings is 1. The molecule has 3 rings (SSSR count). The molecule has 0 radical (unpaired) electrons. The standard InChI is InChI=1S/C15H11N3O7S/c19-9(14-10(20)3-4-26-14)1-2-12-16-15(25-17-12)7-5-8(18(23)24)13(22)11(21)6-7/h3-6,20-22H,1-2H2. The van der Waals surface area contributed by atoms with Crippen LogP contribution in [0.15, 0.2) is 28.1 Å². The molecule has 0 saturated heterocycles. The van der Waals surface area contributed by atoms with Crippen molar-refractivity contribution in [1.82, 2.24) is 10.1 Å². The number of nitro benzene ring substituents is 1. The van der Waals surface area contributed by atoms with Crippen molar-refractivity contribution in [3.63, 3.8) is 0 Å². The largest absolute Gasteiger partial charge is 0.506 e. The Morgan fingerprint density at radius 2 is 2.04 bits per heavy atom. The lowest BCUT2D eigenvalue weighted by atomic mass is 10.1.